The van der Waals surface area contributed by atoms with Crippen LogP contribution in [0.1, 0.15) is 18.2 Å². The van der Waals surface area contributed by atoms with Gasteiger partial charge in [0.2, 0.25) is 11.7 Å². The minimum absolute atomic E-state index is 0.271. The van der Waals surface area contributed by atoms with Crippen LogP contribution < -0.4 is 0 Å². The molecule has 1 saturated heterocycles. The van der Waals surface area contributed by atoms with Crippen molar-refractivity contribution in [1.82, 2.24) is 15.1 Å². The molecule has 2 aromatic rings. The molecule has 2 aromatic heterocycles. The molecule has 3 heterocycles. The Morgan fingerprint density at radius 1 is 1.37 bits per heavy atom. The smallest absolute Gasteiger partial charge is 0.235 e. The molecule has 0 radical (unpaired) electrons. The summed E-state index contributed by atoms with van der Waals surface area (Å²) in [6.45, 7) is 0.873. The molecule has 0 saturated carbocycles. The average molecular weight is 265 g/mol. The molecule has 2 unspecified atom stereocenters. The second kappa shape index (κ2) is 5.02. The third-order valence-electron chi connectivity index (χ3n) is 3.04. The number of nitrogens with zero attached hydrogens (tertiary/aromatic N) is 3. The highest BCUT2D eigenvalue weighted by Crippen LogP contribution is 2.26. The zero-order chi connectivity index (χ0) is 13.2. The quantitative estimate of drug-likeness (QED) is 0.876. The number of halogens is 1. The molecule has 2 atom stereocenters. The van der Waals surface area contributed by atoms with Gasteiger partial charge in [-0.25, -0.2) is 9.37 Å². The van der Waals surface area contributed by atoms with Gasteiger partial charge in [-0.2, -0.15) is 4.98 Å². The number of hydrogen-bond donors (Lipinski definition) is 1. The maximum Gasteiger partial charge on any atom is 0.235 e. The molecule has 0 bridgehead atoms. The molecule has 0 aliphatic carbocycles. The Kier molecular flexibility index (Phi) is 3.22. The summed E-state index contributed by atoms with van der Waals surface area (Å²) >= 11 is 0. The Bertz CT molecular complexity index is 558. The highest BCUT2D eigenvalue weighted by molar-refractivity contribution is 5.47. The first-order valence-corrected chi connectivity index (χ1v) is 5.95. The first-order valence-electron chi connectivity index (χ1n) is 5.95. The third-order valence-corrected chi connectivity index (χ3v) is 3.04. The number of ether oxygens (including phenoxy) is 1. The predicted octanol–water partition coefficient (Wildman–Crippen LogP) is 1.14. The lowest BCUT2D eigenvalue weighted by Crippen LogP contribution is -2.30. The number of aliphatic hydroxyl groups excluding tert-OH is 1. The van der Waals surface area contributed by atoms with E-state index in [4.69, 9.17) is 9.26 Å². The van der Waals surface area contributed by atoms with Crippen molar-refractivity contribution >= 4 is 0 Å². The van der Waals surface area contributed by atoms with Crippen molar-refractivity contribution in [3.8, 4) is 11.5 Å². The predicted molar refractivity (Wildman–Crippen MR) is 61.7 cm³/mol. The van der Waals surface area contributed by atoms with E-state index in [-0.39, 0.29) is 11.7 Å². The van der Waals surface area contributed by atoms with E-state index in [0.29, 0.717) is 31.2 Å². The van der Waals surface area contributed by atoms with E-state index in [2.05, 4.69) is 15.1 Å². The topological polar surface area (TPSA) is 81.3 Å². The Balaban J connectivity index is 1.84. The van der Waals surface area contributed by atoms with Gasteiger partial charge < -0.3 is 14.4 Å². The summed E-state index contributed by atoms with van der Waals surface area (Å²) in [6, 6.07) is 2.74. The maximum atomic E-state index is 12.8. The largest absolute Gasteiger partial charge is 0.392 e. The van der Waals surface area contributed by atoms with Crippen molar-refractivity contribution in [1.29, 1.82) is 0 Å². The van der Waals surface area contributed by atoms with Crippen LogP contribution >= 0.6 is 0 Å². The Labute approximate surface area is 108 Å². The molecule has 0 amide bonds. The van der Waals surface area contributed by atoms with Crippen LogP contribution in [0.4, 0.5) is 4.39 Å². The Morgan fingerprint density at radius 2 is 2.26 bits per heavy atom. The molecule has 0 spiro atoms. The van der Waals surface area contributed by atoms with Crippen molar-refractivity contribution in [3.63, 3.8) is 0 Å². The monoisotopic (exact) mass is 265 g/mol. The van der Waals surface area contributed by atoms with Crippen LogP contribution in [0.25, 0.3) is 11.5 Å². The molecule has 6 nitrogen and oxygen atoms in total. The third kappa shape index (κ3) is 2.47. The Hall–Kier alpha value is -1.86. The lowest BCUT2D eigenvalue weighted by molar-refractivity contribution is -0.0149. The molecule has 19 heavy (non-hydrogen) atoms. The number of pyridine rings is 1. The lowest BCUT2D eigenvalue weighted by atomic mass is 9.99. The summed E-state index contributed by atoms with van der Waals surface area (Å²) in [5, 5.41) is 13.7. The molecule has 3 rings (SSSR count). The minimum Gasteiger partial charge on any atom is -0.392 e. The zero-order valence-electron chi connectivity index (χ0n) is 9.99. The van der Waals surface area contributed by atoms with Crippen molar-refractivity contribution in [2.24, 2.45) is 0 Å². The van der Waals surface area contributed by atoms with Crippen LogP contribution in [0, 0.1) is 5.82 Å². The SMILES string of the molecule is OC1CCOCC1c1nc(-c2ccc(F)cn2)no1. The summed E-state index contributed by atoms with van der Waals surface area (Å²) in [7, 11) is 0. The van der Waals surface area contributed by atoms with Crippen molar-refractivity contribution < 1.29 is 18.8 Å². The van der Waals surface area contributed by atoms with E-state index in [0.717, 1.165) is 6.20 Å². The van der Waals surface area contributed by atoms with Crippen LogP contribution in [-0.4, -0.2) is 39.5 Å². The number of hydrogen-bond acceptors (Lipinski definition) is 6. The van der Waals surface area contributed by atoms with Crippen LogP contribution in [0.5, 0.6) is 0 Å². The van der Waals surface area contributed by atoms with Gasteiger partial charge in [-0.05, 0) is 18.6 Å². The fourth-order valence-electron chi connectivity index (χ4n) is 1.96. The minimum atomic E-state index is -0.553. The summed E-state index contributed by atoms with van der Waals surface area (Å²) in [5.74, 6) is -0.167. The van der Waals surface area contributed by atoms with E-state index >= 15 is 0 Å². The number of aliphatic hydroxyl groups is 1. The molecular formula is C12H12FN3O3. The van der Waals surface area contributed by atoms with Crippen molar-refractivity contribution in [2.75, 3.05) is 13.2 Å². The van der Waals surface area contributed by atoms with E-state index in [1.54, 1.807) is 0 Å². The molecule has 0 aromatic carbocycles. The standard InChI is InChI=1S/C12H12FN3O3/c13-7-1-2-9(14-5-7)11-15-12(19-16-11)8-6-18-4-3-10(8)17/h1-2,5,8,10,17H,3-4,6H2. The Morgan fingerprint density at radius 3 is 3.00 bits per heavy atom. The number of aromatic nitrogens is 3. The average Bonchev–Trinajstić information content (AvgIpc) is 2.89. The van der Waals surface area contributed by atoms with Crippen molar-refractivity contribution in [2.45, 2.75) is 18.4 Å². The van der Waals surface area contributed by atoms with Crippen LogP contribution in [0.2, 0.25) is 0 Å². The first kappa shape index (κ1) is 12.2. The van der Waals surface area contributed by atoms with Gasteiger partial charge >= 0.3 is 0 Å². The van der Waals surface area contributed by atoms with Gasteiger partial charge in [0.15, 0.2) is 0 Å². The molecule has 1 fully saturated rings. The summed E-state index contributed by atoms with van der Waals surface area (Å²) in [4.78, 5) is 8.05. The zero-order valence-corrected chi connectivity index (χ0v) is 9.99. The second-order valence-corrected chi connectivity index (χ2v) is 4.36. The van der Waals surface area contributed by atoms with Gasteiger partial charge in [0, 0.05) is 6.61 Å². The van der Waals surface area contributed by atoms with E-state index < -0.39 is 11.9 Å². The maximum absolute atomic E-state index is 12.8. The summed E-state index contributed by atoms with van der Waals surface area (Å²) in [6.07, 6.45) is 1.07. The lowest BCUT2D eigenvalue weighted by Gasteiger charge is -2.24. The van der Waals surface area contributed by atoms with E-state index in [9.17, 15) is 9.50 Å². The number of rotatable bonds is 2. The highest BCUT2D eigenvalue weighted by Gasteiger charge is 2.30. The van der Waals surface area contributed by atoms with Crippen LogP contribution in [-0.2, 0) is 4.74 Å². The van der Waals surface area contributed by atoms with Crippen molar-refractivity contribution in [3.05, 3.63) is 30.0 Å². The second-order valence-electron chi connectivity index (χ2n) is 4.36. The van der Waals surface area contributed by atoms with E-state index in [1.807, 2.05) is 0 Å². The fraction of sp³-hybridized carbons (Fsp3) is 0.417. The van der Waals surface area contributed by atoms with Crippen LogP contribution in [0.15, 0.2) is 22.9 Å². The molecule has 1 aliphatic rings. The molecule has 100 valence electrons. The summed E-state index contributed by atoms with van der Waals surface area (Å²) in [5.41, 5.74) is 0.419. The molecule has 7 heteroatoms. The molecular weight excluding hydrogens is 253 g/mol. The summed E-state index contributed by atoms with van der Waals surface area (Å²) < 4.78 is 23.2. The molecule has 1 aliphatic heterocycles. The van der Waals surface area contributed by atoms with E-state index in [1.165, 1.54) is 12.1 Å². The first-order chi connectivity index (χ1) is 9.24. The van der Waals surface area contributed by atoms with Gasteiger partial charge in [-0.3, -0.25) is 0 Å². The highest BCUT2D eigenvalue weighted by atomic mass is 19.1. The fourth-order valence-corrected chi connectivity index (χ4v) is 1.96. The van der Waals surface area contributed by atoms with Gasteiger partial charge in [-0.1, -0.05) is 5.16 Å². The van der Waals surface area contributed by atoms with Gasteiger partial charge in [0.25, 0.3) is 0 Å². The molecule has 1 N–H and O–H groups in total. The van der Waals surface area contributed by atoms with Gasteiger partial charge in [0.05, 0.1) is 24.8 Å². The normalized spacial score (nSPS) is 23.5. The van der Waals surface area contributed by atoms with Crippen LogP contribution in [0.3, 0.4) is 0 Å². The van der Waals surface area contributed by atoms with Gasteiger partial charge in [-0.15, -0.1) is 0 Å². The van der Waals surface area contributed by atoms with Gasteiger partial charge in [0.1, 0.15) is 11.5 Å².